The highest BCUT2D eigenvalue weighted by Crippen LogP contribution is 2.28. The van der Waals surface area contributed by atoms with Crippen LogP contribution in [0.3, 0.4) is 0 Å². The van der Waals surface area contributed by atoms with E-state index in [0.717, 1.165) is 37.0 Å². The Morgan fingerprint density at radius 3 is 2.60 bits per heavy atom. The van der Waals surface area contributed by atoms with Gasteiger partial charge in [0.15, 0.2) is 0 Å². The molecular formula is C15H22N4O. The Balaban J connectivity index is 1.57. The summed E-state index contributed by atoms with van der Waals surface area (Å²) < 4.78 is 7.67. The number of hydrogen-bond acceptors (Lipinski definition) is 4. The largest absolute Gasteiger partial charge is 0.444 e. The topological polar surface area (TPSA) is 47.1 Å². The van der Waals surface area contributed by atoms with Crippen molar-refractivity contribution in [3.05, 3.63) is 35.3 Å². The maximum absolute atomic E-state index is 5.67. The Morgan fingerprint density at radius 1 is 1.30 bits per heavy atom. The molecule has 0 aromatic carbocycles. The third-order valence-corrected chi connectivity index (χ3v) is 4.30. The number of piperidine rings is 1. The van der Waals surface area contributed by atoms with Gasteiger partial charge in [-0.05, 0) is 45.8 Å². The fraction of sp³-hybridized carbons (Fsp3) is 0.600. The number of hydrogen-bond donors (Lipinski definition) is 0. The summed E-state index contributed by atoms with van der Waals surface area (Å²) >= 11 is 0. The molecule has 0 unspecified atom stereocenters. The molecule has 0 N–H and O–H groups in total. The summed E-state index contributed by atoms with van der Waals surface area (Å²) in [6.45, 7) is 6.98. The molecule has 3 heterocycles. The van der Waals surface area contributed by atoms with Crippen LogP contribution in [0.1, 0.15) is 41.8 Å². The first-order chi connectivity index (χ1) is 9.63. The first-order valence-electron chi connectivity index (χ1n) is 7.26. The van der Waals surface area contributed by atoms with E-state index in [1.54, 1.807) is 0 Å². The van der Waals surface area contributed by atoms with Crippen molar-refractivity contribution >= 4 is 0 Å². The Hall–Kier alpha value is -1.62. The van der Waals surface area contributed by atoms with Crippen LogP contribution in [-0.4, -0.2) is 32.8 Å². The number of nitrogens with zero attached hydrogens (tertiary/aromatic N) is 4. The quantitative estimate of drug-likeness (QED) is 0.862. The fourth-order valence-corrected chi connectivity index (χ4v) is 2.97. The van der Waals surface area contributed by atoms with Crippen LogP contribution < -0.4 is 0 Å². The standard InChI is InChI=1S/C15H22N4O/c1-11-12(2)20-15(17-11)10-19-8-5-13(6-9-19)14-4-7-16-18(14)3/h4,7,13H,5-6,8-10H2,1-3H3. The Bertz CT molecular complexity index is 559. The van der Waals surface area contributed by atoms with Crippen molar-refractivity contribution in [2.75, 3.05) is 13.1 Å². The second-order valence-electron chi connectivity index (χ2n) is 5.68. The van der Waals surface area contributed by atoms with Crippen molar-refractivity contribution in [1.82, 2.24) is 19.7 Å². The van der Waals surface area contributed by atoms with Crippen LogP contribution in [0.2, 0.25) is 0 Å². The zero-order chi connectivity index (χ0) is 14.1. The third-order valence-electron chi connectivity index (χ3n) is 4.30. The van der Waals surface area contributed by atoms with Gasteiger partial charge in [0.25, 0.3) is 0 Å². The fourth-order valence-electron chi connectivity index (χ4n) is 2.97. The predicted molar refractivity (Wildman–Crippen MR) is 76.4 cm³/mol. The molecule has 1 aliphatic heterocycles. The van der Waals surface area contributed by atoms with Crippen molar-refractivity contribution in [1.29, 1.82) is 0 Å². The number of aromatic nitrogens is 3. The minimum Gasteiger partial charge on any atom is -0.444 e. The van der Waals surface area contributed by atoms with Gasteiger partial charge >= 0.3 is 0 Å². The monoisotopic (exact) mass is 274 g/mol. The molecule has 0 saturated carbocycles. The van der Waals surface area contributed by atoms with Crippen molar-refractivity contribution in [2.24, 2.45) is 7.05 Å². The van der Waals surface area contributed by atoms with Crippen LogP contribution in [0, 0.1) is 13.8 Å². The Labute approximate surface area is 119 Å². The molecule has 20 heavy (non-hydrogen) atoms. The lowest BCUT2D eigenvalue weighted by Gasteiger charge is -2.31. The highest BCUT2D eigenvalue weighted by molar-refractivity contribution is 5.09. The summed E-state index contributed by atoms with van der Waals surface area (Å²) in [7, 11) is 2.03. The van der Waals surface area contributed by atoms with Crippen LogP contribution in [0.4, 0.5) is 0 Å². The van der Waals surface area contributed by atoms with Crippen LogP contribution in [0.5, 0.6) is 0 Å². The number of aryl methyl sites for hydroxylation is 3. The average molecular weight is 274 g/mol. The molecule has 0 bridgehead atoms. The summed E-state index contributed by atoms with van der Waals surface area (Å²) in [4.78, 5) is 6.89. The zero-order valence-corrected chi connectivity index (χ0v) is 12.5. The second kappa shape index (κ2) is 5.40. The molecule has 0 spiro atoms. The average Bonchev–Trinajstić information content (AvgIpc) is 2.98. The van der Waals surface area contributed by atoms with Gasteiger partial charge in [-0.15, -0.1) is 0 Å². The molecule has 5 nitrogen and oxygen atoms in total. The third kappa shape index (κ3) is 2.63. The number of oxazole rings is 1. The van der Waals surface area contributed by atoms with Crippen LogP contribution in [0.15, 0.2) is 16.7 Å². The lowest BCUT2D eigenvalue weighted by Crippen LogP contribution is -2.33. The molecular weight excluding hydrogens is 252 g/mol. The molecule has 0 radical (unpaired) electrons. The highest BCUT2D eigenvalue weighted by atomic mass is 16.4. The van der Waals surface area contributed by atoms with Gasteiger partial charge in [-0.25, -0.2) is 4.98 Å². The van der Waals surface area contributed by atoms with Gasteiger partial charge in [-0.3, -0.25) is 9.58 Å². The molecule has 1 fully saturated rings. The summed E-state index contributed by atoms with van der Waals surface area (Å²) in [5, 5.41) is 4.27. The lowest BCUT2D eigenvalue weighted by molar-refractivity contribution is 0.184. The molecule has 0 amide bonds. The van der Waals surface area contributed by atoms with Crippen molar-refractivity contribution in [3.63, 3.8) is 0 Å². The van der Waals surface area contributed by atoms with E-state index < -0.39 is 0 Å². The van der Waals surface area contributed by atoms with E-state index >= 15 is 0 Å². The van der Waals surface area contributed by atoms with E-state index in [1.165, 1.54) is 18.5 Å². The first-order valence-corrected chi connectivity index (χ1v) is 7.26. The Morgan fingerprint density at radius 2 is 2.05 bits per heavy atom. The van der Waals surface area contributed by atoms with Gasteiger partial charge < -0.3 is 4.42 Å². The van der Waals surface area contributed by atoms with E-state index in [9.17, 15) is 0 Å². The minimum absolute atomic E-state index is 0.631. The van der Waals surface area contributed by atoms with E-state index in [-0.39, 0.29) is 0 Å². The summed E-state index contributed by atoms with van der Waals surface area (Å²) in [6, 6.07) is 2.14. The van der Waals surface area contributed by atoms with Gasteiger partial charge in [0, 0.05) is 24.9 Å². The van der Waals surface area contributed by atoms with E-state index in [1.807, 2.05) is 31.8 Å². The Kier molecular flexibility index (Phi) is 3.61. The van der Waals surface area contributed by atoms with Crippen LogP contribution >= 0.6 is 0 Å². The lowest BCUT2D eigenvalue weighted by atomic mass is 9.93. The highest BCUT2D eigenvalue weighted by Gasteiger charge is 2.23. The molecule has 108 valence electrons. The first kappa shape index (κ1) is 13.4. The summed E-state index contributed by atoms with van der Waals surface area (Å²) in [6.07, 6.45) is 4.25. The minimum atomic E-state index is 0.631. The van der Waals surface area contributed by atoms with E-state index in [4.69, 9.17) is 4.42 Å². The van der Waals surface area contributed by atoms with Gasteiger partial charge in [-0.2, -0.15) is 5.10 Å². The molecule has 1 aliphatic rings. The summed E-state index contributed by atoms with van der Waals surface area (Å²) in [5.41, 5.74) is 2.36. The van der Waals surface area contributed by atoms with Crippen LogP contribution in [0.25, 0.3) is 0 Å². The van der Waals surface area contributed by atoms with Crippen LogP contribution in [-0.2, 0) is 13.6 Å². The molecule has 0 aliphatic carbocycles. The van der Waals surface area contributed by atoms with Gasteiger partial charge in [-0.1, -0.05) is 0 Å². The van der Waals surface area contributed by atoms with Gasteiger partial charge in [0.2, 0.25) is 5.89 Å². The van der Waals surface area contributed by atoms with Crippen molar-refractivity contribution in [2.45, 2.75) is 39.2 Å². The van der Waals surface area contributed by atoms with Gasteiger partial charge in [0.1, 0.15) is 5.76 Å². The van der Waals surface area contributed by atoms with Crippen molar-refractivity contribution < 1.29 is 4.42 Å². The second-order valence-corrected chi connectivity index (χ2v) is 5.68. The maximum Gasteiger partial charge on any atom is 0.208 e. The predicted octanol–water partition coefficient (Wildman–Crippen LogP) is 2.40. The molecule has 2 aromatic heterocycles. The molecule has 0 atom stereocenters. The molecule has 3 rings (SSSR count). The molecule has 1 saturated heterocycles. The number of likely N-dealkylation sites (tertiary alicyclic amines) is 1. The van der Waals surface area contributed by atoms with Crippen molar-refractivity contribution in [3.8, 4) is 0 Å². The summed E-state index contributed by atoms with van der Waals surface area (Å²) in [5.74, 6) is 2.41. The maximum atomic E-state index is 5.67. The SMILES string of the molecule is Cc1nc(CN2CCC(c3ccnn3C)CC2)oc1C. The molecule has 2 aromatic rings. The molecule has 5 heteroatoms. The van der Waals surface area contributed by atoms with E-state index in [0.29, 0.717) is 5.92 Å². The number of rotatable bonds is 3. The van der Waals surface area contributed by atoms with Gasteiger partial charge in [0.05, 0.1) is 12.2 Å². The normalized spacial score (nSPS) is 17.8. The zero-order valence-electron chi connectivity index (χ0n) is 12.5. The van der Waals surface area contributed by atoms with E-state index in [2.05, 4.69) is 21.0 Å². The smallest absolute Gasteiger partial charge is 0.208 e.